The molecule has 3 heteroatoms. The van der Waals surface area contributed by atoms with E-state index in [-0.39, 0.29) is 16.8 Å². The minimum Gasteiger partial charge on any atom is -0.328 e. The van der Waals surface area contributed by atoms with Gasteiger partial charge in [-0.25, -0.2) is 0 Å². The van der Waals surface area contributed by atoms with Gasteiger partial charge in [0, 0.05) is 6.04 Å². The molecule has 20 heavy (non-hydrogen) atoms. The van der Waals surface area contributed by atoms with Gasteiger partial charge in [-0.05, 0) is 24.0 Å². The average Bonchev–Trinajstić information content (AvgIpc) is 2.49. The Hall–Kier alpha value is -1.02. The molecule has 0 saturated heterocycles. The summed E-state index contributed by atoms with van der Waals surface area (Å²) in [5.41, 5.74) is 8.40. The van der Waals surface area contributed by atoms with E-state index in [2.05, 4.69) is 0 Å². The lowest BCUT2D eigenvalue weighted by Gasteiger charge is -2.19. The Kier molecular flexibility index (Phi) is 5.90. The van der Waals surface area contributed by atoms with Crippen molar-refractivity contribution < 1.29 is 0 Å². The van der Waals surface area contributed by atoms with Gasteiger partial charge in [0.15, 0.2) is 0 Å². The first-order chi connectivity index (χ1) is 9.66. The zero-order valence-corrected chi connectivity index (χ0v) is 12.8. The van der Waals surface area contributed by atoms with Gasteiger partial charge in [-0.1, -0.05) is 60.7 Å². The van der Waals surface area contributed by atoms with Crippen molar-refractivity contribution in [3.05, 3.63) is 71.8 Å². The van der Waals surface area contributed by atoms with Gasteiger partial charge in [-0.3, -0.25) is 0 Å². The summed E-state index contributed by atoms with van der Waals surface area (Å²) in [6.45, 7) is 0. The Balaban J connectivity index is 1.88. The van der Waals surface area contributed by atoms with Crippen molar-refractivity contribution in [3.63, 3.8) is 0 Å². The summed E-state index contributed by atoms with van der Waals surface area (Å²) in [7, 11) is 0. The number of nitrogens with two attached hydrogens (primary N) is 1. The van der Waals surface area contributed by atoms with Gasteiger partial charge in [-0.2, -0.15) is 0 Å². The summed E-state index contributed by atoms with van der Waals surface area (Å²) < 4.78 is 0. The van der Waals surface area contributed by atoms with E-state index < -0.39 is 0 Å². The van der Waals surface area contributed by atoms with E-state index in [9.17, 15) is 0 Å². The SMILES string of the molecule is NC(CC(Cl)c1ccccc1)CC(Cl)c1ccccc1. The summed E-state index contributed by atoms with van der Waals surface area (Å²) in [5.74, 6) is 0. The second-order valence-electron chi connectivity index (χ2n) is 4.99. The monoisotopic (exact) mass is 307 g/mol. The maximum Gasteiger partial charge on any atom is 0.0600 e. The predicted octanol–water partition coefficient (Wildman–Crippen LogP) is 5.05. The highest BCUT2D eigenvalue weighted by Crippen LogP contribution is 2.30. The molecule has 0 saturated carbocycles. The molecule has 0 radical (unpaired) electrons. The molecule has 2 N–H and O–H groups in total. The normalized spacial score (nSPS) is 15.6. The first-order valence-electron chi connectivity index (χ1n) is 6.80. The molecule has 2 unspecified atom stereocenters. The third kappa shape index (κ3) is 4.52. The quantitative estimate of drug-likeness (QED) is 0.742. The molecule has 0 fully saturated rings. The zero-order valence-electron chi connectivity index (χ0n) is 11.3. The van der Waals surface area contributed by atoms with Crippen LogP contribution in [0.3, 0.4) is 0 Å². The van der Waals surface area contributed by atoms with E-state index in [1.165, 1.54) is 0 Å². The Morgan fingerprint density at radius 1 is 0.700 bits per heavy atom. The van der Waals surface area contributed by atoms with Crippen molar-refractivity contribution in [2.75, 3.05) is 0 Å². The first kappa shape index (κ1) is 15.4. The van der Waals surface area contributed by atoms with Crippen LogP contribution < -0.4 is 5.73 Å². The van der Waals surface area contributed by atoms with Gasteiger partial charge in [0.2, 0.25) is 0 Å². The molecule has 2 aromatic rings. The molecule has 0 aliphatic heterocycles. The largest absolute Gasteiger partial charge is 0.328 e. The highest BCUT2D eigenvalue weighted by atomic mass is 35.5. The third-order valence-electron chi connectivity index (χ3n) is 3.34. The van der Waals surface area contributed by atoms with Crippen molar-refractivity contribution in [1.29, 1.82) is 0 Å². The van der Waals surface area contributed by atoms with Crippen LogP contribution in [-0.2, 0) is 0 Å². The van der Waals surface area contributed by atoms with Crippen molar-refractivity contribution in [1.82, 2.24) is 0 Å². The van der Waals surface area contributed by atoms with Crippen LogP contribution in [0.25, 0.3) is 0 Å². The second-order valence-corrected chi connectivity index (χ2v) is 6.04. The fraction of sp³-hybridized carbons (Fsp3) is 0.294. The molecule has 106 valence electrons. The molecule has 2 atom stereocenters. The molecule has 0 heterocycles. The summed E-state index contributed by atoms with van der Waals surface area (Å²) >= 11 is 12.8. The Bertz CT molecular complexity index is 453. The number of hydrogen-bond donors (Lipinski definition) is 1. The average molecular weight is 308 g/mol. The highest BCUT2D eigenvalue weighted by Gasteiger charge is 2.17. The van der Waals surface area contributed by atoms with Gasteiger partial charge in [0.25, 0.3) is 0 Å². The van der Waals surface area contributed by atoms with Crippen LogP contribution in [0.5, 0.6) is 0 Å². The lowest BCUT2D eigenvalue weighted by molar-refractivity contribution is 0.552. The van der Waals surface area contributed by atoms with Crippen LogP contribution in [0.4, 0.5) is 0 Å². The zero-order chi connectivity index (χ0) is 14.4. The van der Waals surface area contributed by atoms with E-state index in [1.807, 2.05) is 60.7 Å². The van der Waals surface area contributed by atoms with Crippen LogP contribution in [-0.4, -0.2) is 6.04 Å². The van der Waals surface area contributed by atoms with Crippen LogP contribution in [0, 0.1) is 0 Å². The molecule has 0 bridgehead atoms. The minimum atomic E-state index is -0.0640. The lowest BCUT2D eigenvalue weighted by Crippen LogP contribution is -2.23. The molecule has 0 aliphatic rings. The van der Waals surface area contributed by atoms with Crippen molar-refractivity contribution >= 4 is 23.2 Å². The maximum absolute atomic E-state index is 6.41. The van der Waals surface area contributed by atoms with Gasteiger partial charge >= 0.3 is 0 Å². The highest BCUT2D eigenvalue weighted by molar-refractivity contribution is 6.21. The molecule has 0 aliphatic carbocycles. The standard InChI is InChI=1S/C17H19Cl2N/c18-16(13-7-3-1-4-8-13)11-15(20)12-17(19)14-9-5-2-6-10-14/h1-10,15-17H,11-12,20H2. The van der Waals surface area contributed by atoms with Crippen LogP contribution in [0.2, 0.25) is 0 Å². The summed E-state index contributed by atoms with van der Waals surface area (Å²) in [6.07, 6.45) is 1.45. The molecular weight excluding hydrogens is 289 g/mol. The molecular formula is C17H19Cl2N. The predicted molar refractivity (Wildman–Crippen MR) is 87.3 cm³/mol. The van der Waals surface area contributed by atoms with E-state index in [4.69, 9.17) is 28.9 Å². The number of rotatable bonds is 6. The molecule has 2 aromatic carbocycles. The molecule has 1 nitrogen and oxygen atoms in total. The number of alkyl halides is 2. The van der Waals surface area contributed by atoms with E-state index >= 15 is 0 Å². The Morgan fingerprint density at radius 2 is 1.05 bits per heavy atom. The minimum absolute atomic E-state index is 0.0135. The fourth-order valence-corrected chi connectivity index (χ4v) is 2.97. The van der Waals surface area contributed by atoms with Crippen molar-refractivity contribution in [2.45, 2.75) is 29.6 Å². The number of halogens is 2. The van der Waals surface area contributed by atoms with E-state index in [0.717, 1.165) is 24.0 Å². The first-order valence-corrected chi connectivity index (χ1v) is 7.67. The molecule has 0 spiro atoms. The van der Waals surface area contributed by atoms with E-state index in [0.29, 0.717) is 0 Å². The van der Waals surface area contributed by atoms with Gasteiger partial charge < -0.3 is 5.73 Å². The van der Waals surface area contributed by atoms with Crippen LogP contribution in [0.15, 0.2) is 60.7 Å². The lowest BCUT2D eigenvalue weighted by atomic mass is 9.99. The maximum atomic E-state index is 6.41. The van der Waals surface area contributed by atoms with E-state index in [1.54, 1.807) is 0 Å². The Labute approximate surface area is 130 Å². The van der Waals surface area contributed by atoms with Crippen LogP contribution in [0.1, 0.15) is 34.7 Å². The van der Waals surface area contributed by atoms with Gasteiger partial charge in [0.1, 0.15) is 0 Å². The summed E-state index contributed by atoms with van der Waals surface area (Å²) in [5, 5.41) is -0.128. The number of hydrogen-bond acceptors (Lipinski definition) is 1. The van der Waals surface area contributed by atoms with Gasteiger partial charge in [0.05, 0.1) is 10.8 Å². The summed E-state index contributed by atoms with van der Waals surface area (Å²) in [6, 6.07) is 20.0. The third-order valence-corrected chi connectivity index (χ3v) is 4.20. The van der Waals surface area contributed by atoms with Gasteiger partial charge in [-0.15, -0.1) is 23.2 Å². The topological polar surface area (TPSA) is 26.0 Å². The fourth-order valence-electron chi connectivity index (χ4n) is 2.22. The molecule has 2 rings (SSSR count). The Morgan fingerprint density at radius 3 is 1.40 bits per heavy atom. The smallest absolute Gasteiger partial charge is 0.0600 e. The van der Waals surface area contributed by atoms with Crippen molar-refractivity contribution in [3.8, 4) is 0 Å². The summed E-state index contributed by atoms with van der Waals surface area (Å²) in [4.78, 5) is 0. The van der Waals surface area contributed by atoms with Crippen LogP contribution >= 0.6 is 23.2 Å². The van der Waals surface area contributed by atoms with Crippen molar-refractivity contribution in [2.24, 2.45) is 5.73 Å². The second kappa shape index (κ2) is 7.68. The molecule has 0 aromatic heterocycles. The molecule has 0 amide bonds. The number of benzene rings is 2.